The molecule has 2 unspecified atom stereocenters. The molecule has 19 heavy (non-hydrogen) atoms. The standard InChI is InChI=1S/C13H20N4O2/c1-9-7-15-13(6-12(9)17(18)19)16-5-3-4-11(8-16)10(2)14/h6-7,10-11H,3-5,8,14H2,1-2H3. The zero-order valence-corrected chi connectivity index (χ0v) is 11.4. The summed E-state index contributed by atoms with van der Waals surface area (Å²) < 4.78 is 0. The van der Waals surface area contributed by atoms with E-state index in [0.29, 0.717) is 17.3 Å². The van der Waals surface area contributed by atoms with E-state index in [0.717, 1.165) is 25.9 Å². The Morgan fingerprint density at radius 3 is 3.00 bits per heavy atom. The third kappa shape index (κ3) is 3.01. The zero-order chi connectivity index (χ0) is 14.0. The zero-order valence-electron chi connectivity index (χ0n) is 11.4. The molecule has 0 spiro atoms. The molecule has 6 nitrogen and oxygen atoms in total. The number of pyridine rings is 1. The number of nitrogens with two attached hydrogens (primary N) is 1. The highest BCUT2D eigenvalue weighted by atomic mass is 16.6. The Bertz CT molecular complexity index is 476. The van der Waals surface area contributed by atoms with Crippen LogP contribution >= 0.6 is 0 Å². The van der Waals surface area contributed by atoms with Crippen molar-refractivity contribution in [2.24, 2.45) is 11.7 Å². The molecule has 0 radical (unpaired) electrons. The fraction of sp³-hybridized carbons (Fsp3) is 0.615. The second kappa shape index (κ2) is 5.52. The highest BCUT2D eigenvalue weighted by molar-refractivity contribution is 5.50. The molecule has 2 N–H and O–H groups in total. The number of aryl methyl sites for hydroxylation is 1. The van der Waals surface area contributed by atoms with Gasteiger partial charge in [0.2, 0.25) is 0 Å². The smallest absolute Gasteiger partial charge is 0.277 e. The summed E-state index contributed by atoms with van der Waals surface area (Å²) in [6.45, 7) is 5.43. The van der Waals surface area contributed by atoms with Gasteiger partial charge in [0.1, 0.15) is 5.82 Å². The van der Waals surface area contributed by atoms with Crippen LogP contribution in [0.25, 0.3) is 0 Å². The Balaban J connectivity index is 2.22. The summed E-state index contributed by atoms with van der Waals surface area (Å²) in [5, 5.41) is 11.0. The molecule has 1 aliphatic rings. The number of aromatic nitrogens is 1. The van der Waals surface area contributed by atoms with Crippen molar-refractivity contribution in [1.82, 2.24) is 4.98 Å². The summed E-state index contributed by atoms with van der Waals surface area (Å²) in [5.41, 5.74) is 6.68. The summed E-state index contributed by atoms with van der Waals surface area (Å²) in [4.78, 5) is 17.0. The monoisotopic (exact) mass is 264 g/mol. The molecule has 0 amide bonds. The van der Waals surface area contributed by atoms with Gasteiger partial charge in [-0.2, -0.15) is 0 Å². The van der Waals surface area contributed by atoms with Crippen molar-refractivity contribution in [2.45, 2.75) is 32.7 Å². The molecule has 2 heterocycles. The molecular weight excluding hydrogens is 244 g/mol. The van der Waals surface area contributed by atoms with E-state index >= 15 is 0 Å². The van der Waals surface area contributed by atoms with Gasteiger partial charge in [0.25, 0.3) is 5.69 Å². The second-order valence-corrected chi connectivity index (χ2v) is 5.29. The summed E-state index contributed by atoms with van der Waals surface area (Å²) in [6, 6.07) is 1.71. The second-order valence-electron chi connectivity index (χ2n) is 5.29. The first-order chi connectivity index (χ1) is 8.99. The molecule has 0 aliphatic carbocycles. The number of piperidine rings is 1. The molecule has 1 aliphatic heterocycles. The van der Waals surface area contributed by atoms with E-state index in [4.69, 9.17) is 5.73 Å². The summed E-state index contributed by atoms with van der Waals surface area (Å²) >= 11 is 0. The molecule has 2 atom stereocenters. The van der Waals surface area contributed by atoms with Crippen LogP contribution in [0.3, 0.4) is 0 Å². The lowest BCUT2D eigenvalue weighted by Crippen LogP contribution is -2.42. The molecule has 0 saturated carbocycles. The van der Waals surface area contributed by atoms with Crippen LogP contribution in [0.5, 0.6) is 0 Å². The van der Waals surface area contributed by atoms with Gasteiger partial charge in [-0.1, -0.05) is 0 Å². The first-order valence-corrected chi connectivity index (χ1v) is 6.60. The van der Waals surface area contributed by atoms with Gasteiger partial charge in [-0.05, 0) is 32.6 Å². The molecule has 1 aromatic heterocycles. The topological polar surface area (TPSA) is 85.3 Å². The van der Waals surface area contributed by atoms with Gasteiger partial charge < -0.3 is 10.6 Å². The lowest BCUT2D eigenvalue weighted by Gasteiger charge is -2.35. The van der Waals surface area contributed by atoms with Crippen molar-refractivity contribution in [2.75, 3.05) is 18.0 Å². The largest absolute Gasteiger partial charge is 0.356 e. The Kier molecular flexibility index (Phi) is 3.99. The summed E-state index contributed by atoms with van der Waals surface area (Å²) in [5.74, 6) is 1.11. The van der Waals surface area contributed by atoms with Crippen LogP contribution < -0.4 is 10.6 Å². The summed E-state index contributed by atoms with van der Waals surface area (Å²) in [7, 11) is 0. The highest BCUT2D eigenvalue weighted by Gasteiger charge is 2.25. The van der Waals surface area contributed by atoms with Crippen molar-refractivity contribution >= 4 is 11.5 Å². The molecule has 0 bridgehead atoms. The molecule has 2 rings (SSSR count). The van der Waals surface area contributed by atoms with Gasteiger partial charge in [-0.15, -0.1) is 0 Å². The quantitative estimate of drug-likeness (QED) is 0.665. The van der Waals surface area contributed by atoms with Crippen molar-refractivity contribution in [3.8, 4) is 0 Å². The number of anilines is 1. The molecular formula is C13H20N4O2. The first kappa shape index (κ1) is 13.7. The van der Waals surface area contributed by atoms with Crippen LogP contribution in [0.15, 0.2) is 12.3 Å². The number of rotatable bonds is 3. The van der Waals surface area contributed by atoms with Crippen molar-refractivity contribution in [3.05, 3.63) is 27.9 Å². The summed E-state index contributed by atoms with van der Waals surface area (Å²) in [6.07, 6.45) is 3.74. The SMILES string of the molecule is Cc1cnc(N2CCCC(C(C)N)C2)cc1[N+](=O)[O-]. The average molecular weight is 264 g/mol. The van der Waals surface area contributed by atoms with Crippen LogP contribution in [0.4, 0.5) is 11.5 Å². The van der Waals surface area contributed by atoms with Gasteiger partial charge >= 0.3 is 0 Å². The first-order valence-electron chi connectivity index (χ1n) is 6.60. The van der Waals surface area contributed by atoms with E-state index in [-0.39, 0.29) is 16.7 Å². The van der Waals surface area contributed by atoms with Crippen molar-refractivity contribution < 1.29 is 4.92 Å². The van der Waals surface area contributed by atoms with Crippen LogP contribution in [0.1, 0.15) is 25.3 Å². The van der Waals surface area contributed by atoms with Gasteiger partial charge in [-0.25, -0.2) is 4.98 Å². The Morgan fingerprint density at radius 1 is 1.63 bits per heavy atom. The maximum absolute atomic E-state index is 11.0. The van der Waals surface area contributed by atoms with Gasteiger partial charge in [0.15, 0.2) is 0 Å². The number of hydrogen-bond acceptors (Lipinski definition) is 5. The molecule has 6 heteroatoms. The van der Waals surface area contributed by atoms with Crippen molar-refractivity contribution in [1.29, 1.82) is 0 Å². The van der Waals surface area contributed by atoms with E-state index in [1.807, 2.05) is 6.92 Å². The molecule has 1 aromatic rings. The minimum Gasteiger partial charge on any atom is -0.356 e. The van der Waals surface area contributed by atoms with E-state index in [2.05, 4.69) is 9.88 Å². The molecule has 104 valence electrons. The predicted octanol–water partition coefficient (Wildman–Crippen LogP) is 1.86. The fourth-order valence-corrected chi connectivity index (χ4v) is 2.52. The Morgan fingerprint density at radius 2 is 2.37 bits per heavy atom. The van der Waals surface area contributed by atoms with E-state index in [1.165, 1.54) is 0 Å². The lowest BCUT2D eigenvalue weighted by atomic mass is 9.92. The minimum atomic E-state index is -0.354. The number of nitrogens with zero attached hydrogens (tertiary/aromatic N) is 3. The van der Waals surface area contributed by atoms with Gasteiger partial charge in [-0.3, -0.25) is 10.1 Å². The maximum Gasteiger partial charge on any atom is 0.277 e. The highest BCUT2D eigenvalue weighted by Crippen LogP contribution is 2.27. The molecule has 0 aromatic carbocycles. The molecule has 1 fully saturated rings. The van der Waals surface area contributed by atoms with Crippen LogP contribution in [0.2, 0.25) is 0 Å². The van der Waals surface area contributed by atoms with Crippen LogP contribution in [0, 0.1) is 23.0 Å². The van der Waals surface area contributed by atoms with Gasteiger partial charge in [0, 0.05) is 30.9 Å². The minimum absolute atomic E-state index is 0.132. The van der Waals surface area contributed by atoms with Crippen LogP contribution in [-0.2, 0) is 0 Å². The lowest BCUT2D eigenvalue weighted by molar-refractivity contribution is -0.385. The maximum atomic E-state index is 11.0. The number of nitro groups is 1. The van der Waals surface area contributed by atoms with E-state index in [1.54, 1.807) is 19.2 Å². The van der Waals surface area contributed by atoms with Gasteiger partial charge in [0.05, 0.1) is 11.0 Å². The Labute approximate surface area is 112 Å². The fourth-order valence-electron chi connectivity index (χ4n) is 2.52. The third-order valence-corrected chi connectivity index (χ3v) is 3.78. The van der Waals surface area contributed by atoms with Crippen LogP contribution in [-0.4, -0.2) is 29.0 Å². The molecule has 1 saturated heterocycles. The van der Waals surface area contributed by atoms with E-state index < -0.39 is 0 Å². The third-order valence-electron chi connectivity index (χ3n) is 3.78. The van der Waals surface area contributed by atoms with E-state index in [9.17, 15) is 10.1 Å². The predicted molar refractivity (Wildman–Crippen MR) is 74.2 cm³/mol. The normalized spacial score (nSPS) is 21.2. The Hall–Kier alpha value is -1.69. The number of hydrogen-bond donors (Lipinski definition) is 1. The average Bonchev–Trinajstić information content (AvgIpc) is 2.39. The van der Waals surface area contributed by atoms with Crippen molar-refractivity contribution in [3.63, 3.8) is 0 Å².